The standard InChI is InChI=1S/C18H25N3O3/c1-3-8-21-9-6-15(7-10-21)20-18(22)13-24-16-5-4-14(12-19)11-17(16)23-2/h4-5,11,15H,3,6-10,13H2,1-2H3,(H,20,22). The lowest BCUT2D eigenvalue weighted by Crippen LogP contribution is -2.46. The molecule has 24 heavy (non-hydrogen) atoms. The lowest BCUT2D eigenvalue weighted by molar-refractivity contribution is -0.124. The summed E-state index contributed by atoms with van der Waals surface area (Å²) in [5, 5.41) is 11.9. The first kappa shape index (κ1) is 18.1. The highest BCUT2D eigenvalue weighted by molar-refractivity contribution is 5.78. The van der Waals surface area contributed by atoms with Crippen molar-refractivity contribution in [2.75, 3.05) is 33.4 Å². The number of nitriles is 1. The summed E-state index contributed by atoms with van der Waals surface area (Å²) in [4.78, 5) is 14.5. The van der Waals surface area contributed by atoms with E-state index in [0.717, 1.165) is 38.9 Å². The zero-order valence-electron chi connectivity index (χ0n) is 14.4. The van der Waals surface area contributed by atoms with Crippen LogP contribution in [0.15, 0.2) is 18.2 Å². The molecule has 0 spiro atoms. The molecule has 6 nitrogen and oxygen atoms in total. The highest BCUT2D eigenvalue weighted by Gasteiger charge is 2.20. The molecule has 1 aliphatic heterocycles. The number of ether oxygens (including phenoxy) is 2. The molecule has 1 aliphatic rings. The van der Waals surface area contributed by atoms with Gasteiger partial charge in [0.25, 0.3) is 5.91 Å². The maximum atomic E-state index is 12.1. The molecule has 0 unspecified atom stereocenters. The van der Waals surface area contributed by atoms with Gasteiger partial charge in [0.15, 0.2) is 18.1 Å². The Hall–Kier alpha value is -2.26. The van der Waals surface area contributed by atoms with E-state index < -0.39 is 0 Å². The van der Waals surface area contributed by atoms with Crippen LogP contribution in [0.25, 0.3) is 0 Å². The van der Waals surface area contributed by atoms with Crippen LogP contribution in [0.2, 0.25) is 0 Å². The second-order valence-corrected chi connectivity index (χ2v) is 5.95. The maximum Gasteiger partial charge on any atom is 0.258 e. The van der Waals surface area contributed by atoms with Gasteiger partial charge in [-0.15, -0.1) is 0 Å². The molecule has 1 amide bonds. The lowest BCUT2D eigenvalue weighted by Gasteiger charge is -2.32. The Morgan fingerprint density at radius 2 is 2.12 bits per heavy atom. The van der Waals surface area contributed by atoms with Gasteiger partial charge in [0.05, 0.1) is 18.7 Å². The van der Waals surface area contributed by atoms with Crippen molar-refractivity contribution >= 4 is 5.91 Å². The van der Waals surface area contributed by atoms with Gasteiger partial charge in [-0.25, -0.2) is 0 Å². The molecule has 0 bridgehead atoms. The van der Waals surface area contributed by atoms with E-state index in [4.69, 9.17) is 14.7 Å². The van der Waals surface area contributed by atoms with Crippen LogP contribution in [-0.4, -0.2) is 50.2 Å². The van der Waals surface area contributed by atoms with Gasteiger partial charge in [-0.2, -0.15) is 5.26 Å². The molecule has 0 aromatic heterocycles. The number of carbonyl (C=O) groups is 1. The average molecular weight is 331 g/mol. The third kappa shape index (κ3) is 5.14. The van der Waals surface area contributed by atoms with Crippen molar-refractivity contribution in [3.63, 3.8) is 0 Å². The summed E-state index contributed by atoms with van der Waals surface area (Å²) < 4.78 is 10.7. The van der Waals surface area contributed by atoms with Crippen molar-refractivity contribution in [3.05, 3.63) is 23.8 Å². The minimum atomic E-state index is -0.129. The summed E-state index contributed by atoms with van der Waals surface area (Å²) in [5.41, 5.74) is 0.488. The zero-order chi connectivity index (χ0) is 17.4. The van der Waals surface area contributed by atoms with Crippen molar-refractivity contribution in [1.29, 1.82) is 5.26 Å². The van der Waals surface area contributed by atoms with Gasteiger partial charge in [-0.3, -0.25) is 4.79 Å². The van der Waals surface area contributed by atoms with E-state index in [1.54, 1.807) is 18.2 Å². The quantitative estimate of drug-likeness (QED) is 0.826. The van der Waals surface area contributed by atoms with Crippen LogP contribution in [0, 0.1) is 11.3 Å². The Kier molecular flexibility index (Phi) is 6.89. The molecule has 0 saturated carbocycles. The van der Waals surface area contributed by atoms with Crippen LogP contribution in [0.3, 0.4) is 0 Å². The molecule has 2 rings (SSSR count). The van der Waals surface area contributed by atoms with E-state index >= 15 is 0 Å². The van der Waals surface area contributed by atoms with E-state index in [-0.39, 0.29) is 18.6 Å². The second kappa shape index (κ2) is 9.14. The summed E-state index contributed by atoms with van der Waals surface area (Å²) in [7, 11) is 1.51. The van der Waals surface area contributed by atoms with Crippen molar-refractivity contribution in [2.24, 2.45) is 0 Å². The number of carbonyl (C=O) groups excluding carboxylic acids is 1. The van der Waals surface area contributed by atoms with Gasteiger partial charge in [0, 0.05) is 25.2 Å². The van der Waals surface area contributed by atoms with Crippen molar-refractivity contribution < 1.29 is 14.3 Å². The van der Waals surface area contributed by atoms with Crippen LogP contribution in [0.1, 0.15) is 31.7 Å². The molecule has 1 aromatic rings. The van der Waals surface area contributed by atoms with E-state index in [9.17, 15) is 4.79 Å². The molecule has 0 radical (unpaired) electrons. The highest BCUT2D eigenvalue weighted by Crippen LogP contribution is 2.27. The lowest BCUT2D eigenvalue weighted by atomic mass is 10.0. The SMILES string of the molecule is CCCN1CCC(NC(=O)COc2ccc(C#N)cc2OC)CC1. The predicted octanol–water partition coefficient (Wildman–Crippen LogP) is 1.94. The van der Waals surface area contributed by atoms with Gasteiger partial charge < -0.3 is 19.7 Å². The maximum absolute atomic E-state index is 12.1. The Labute approximate surface area is 143 Å². The molecule has 0 atom stereocenters. The van der Waals surface area contributed by atoms with Crippen LogP contribution >= 0.6 is 0 Å². The van der Waals surface area contributed by atoms with Gasteiger partial charge in [0.1, 0.15) is 0 Å². The van der Waals surface area contributed by atoms with Crippen LogP contribution in [0.5, 0.6) is 11.5 Å². The molecule has 130 valence electrons. The van der Waals surface area contributed by atoms with Gasteiger partial charge in [-0.05, 0) is 37.9 Å². The number of rotatable bonds is 7. The minimum absolute atomic E-state index is 0.0581. The topological polar surface area (TPSA) is 74.6 Å². The zero-order valence-corrected chi connectivity index (χ0v) is 14.4. The summed E-state index contributed by atoms with van der Waals surface area (Å²) in [6, 6.07) is 7.14. The third-order valence-corrected chi connectivity index (χ3v) is 4.14. The van der Waals surface area contributed by atoms with Gasteiger partial charge in [0.2, 0.25) is 0 Å². The molecule has 1 N–H and O–H groups in total. The first-order valence-corrected chi connectivity index (χ1v) is 8.39. The normalized spacial score (nSPS) is 15.5. The molecule has 6 heteroatoms. The second-order valence-electron chi connectivity index (χ2n) is 5.95. The first-order valence-electron chi connectivity index (χ1n) is 8.39. The molecule has 0 aliphatic carbocycles. The number of hydrogen-bond acceptors (Lipinski definition) is 5. The highest BCUT2D eigenvalue weighted by atomic mass is 16.5. The minimum Gasteiger partial charge on any atom is -0.493 e. The molecule has 1 aromatic carbocycles. The summed E-state index contributed by atoms with van der Waals surface area (Å²) >= 11 is 0. The van der Waals surface area contributed by atoms with Crippen LogP contribution in [0.4, 0.5) is 0 Å². The number of methoxy groups -OCH3 is 1. The van der Waals surface area contributed by atoms with Crippen molar-refractivity contribution in [1.82, 2.24) is 10.2 Å². The van der Waals surface area contributed by atoms with Crippen molar-refractivity contribution in [3.8, 4) is 17.6 Å². The number of amides is 1. The number of nitrogens with one attached hydrogen (secondary N) is 1. The number of likely N-dealkylation sites (tertiary alicyclic amines) is 1. The first-order chi connectivity index (χ1) is 11.7. The van der Waals surface area contributed by atoms with E-state index in [1.807, 2.05) is 6.07 Å². The van der Waals surface area contributed by atoms with Crippen molar-refractivity contribution in [2.45, 2.75) is 32.2 Å². The Balaban J connectivity index is 1.79. The number of piperidine rings is 1. The summed E-state index contributed by atoms with van der Waals surface area (Å²) in [6.07, 6.45) is 3.12. The molecule has 1 heterocycles. The predicted molar refractivity (Wildman–Crippen MR) is 91.1 cm³/mol. The molecular weight excluding hydrogens is 306 g/mol. The monoisotopic (exact) mass is 331 g/mol. The number of hydrogen-bond donors (Lipinski definition) is 1. The third-order valence-electron chi connectivity index (χ3n) is 4.14. The summed E-state index contributed by atoms with van der Waals surface area (Å²) in [6.45, 7) is 5.31. The molecular formula is C18H25N3O3. The van der Waals surface area contributed by atoms with Crippen LogP contribution < -0.4 is 14.8 Å². The summed E-state index contributed by atoms with van der Waals surface area (Å²) in [5.74, 6) is 0.787. The Morgan fingerprint density at radius 3 is 2.75 bits per heavy atom. The van der Waals surface area contributed by atoms with Crippen LogP contribution in [-0.2, 0) is 4.79 Å². The van der Waals surface area contributed by atoms with Gasteiger partial charge >= 0.3 is 0 Å². The fourth-order valence-electron chi connectivity index (χ4n) is 2.89. The fourth-order valence-corrected chi connectivity index (χ4v) is 2.89. The van der Waals surface area contributed by atoms with Gasteiger partial charge in [-0.1, -0.05) is 6.92 Å². The molecule has 1 fully saturated rings. The Morgan fingerprint density at radius 1 is 1.38 bits per heavy atom. The smallest absolute Gasteiger partial charge is 0.258 e. The molecule has 1 saturated heterocycles. The Bertz CT molecular complexity index is 590. The van der Waals surface area contributed by atoms with E-state index in [2.05, 4.69) is 17.1 Å². The van der Waals surface area contributed by atoms with E-state index in [0.29, 0.717) is 17.1 Å². The number of benzene rings is 1. The number of nitrogens with zero attached hydrogens (tertiary/aromatic N) is 2. The largest absolute Gasteiger partial charge is 0.493 e. The average Bonchev–Trinajstić information content (AvgIpc) is 2.61. The van der Waals surface area contributed by atoms with E-state index in [1.165, 1.54) is 7.11 Å². The fraction of sp³-hybridized carbons (Fsp3) is 0.556.